The van der Waals surface area contributed by atoms with Crippen LogP contribution in [0.15, 0.2) is 0 Å². The van der Waals surface area contributed by atoms with Crippen molar-refractivity contribution in [3.63, 3.8) is 0 Å². The molecule has 0 saturated carbocycles. The van der Waals surface area contributed by atoms with Gasteiger partial charge in [0, 0.05) is 52.4 Å². The Balaban J connectivity index is 2.31. The van der Waals surface area contributed by atoms with E-state index in [0.29, 0.717) is 25.9 Å². The van der Waals surface area contributed by atoms with Crippen molar-refractivity contribution in [3.05, 3.63) is 0 Å². The number of rotatable bonds is 8. The molecule has 0 aromatic carbocycles. The van der Waals surface area contributed by atoms with Crippen molar-refractivity contribution < 1.29 is 28.7 Å². The maximum absolute atomic E-state index is 10.9. The third kappa shape index (κ3) is 14.2. The fourth-order valence-corrected chi connectivity index (χ4v) is 3.98. The molecule has 0 aromatic heterocycles. The van der Waals surface area contributed by atoms with Crippen molar-refractivity contribution >= 4 is 15.2 Å². The molecule has 12 heteroatoms. The Bertz CT molecular complexity index is 418. The van der Waals surface area contributed by atoms with Crippen molar-refractivity contribution in [3.8, 4) is 0 Å². The van der Waals surface area contributed by atoms with E-state index in [1.54, 1.807) is 0 Å². The molecule has 0 amide bonds. The molecule has 0 unspecified atom stereocenters. The minimum Gasteiger partial charge on any atom is -0.324 e. The van der Waals surface area contributed by atoms with Gasteiger partial charge in [0.25, 0.3) is 0 Å². The van der Waals surface area contributed by atoms with E-state index in [1.807, 2.05) is 0 Å². The van der Waals surface area contributed by atoms with Gasteiger partial charge in [-0.15, -0.1) is 0 Å². The molecule has 0 bridgehead atoms. The standard InChI is InChI=1S/C14H34N4O6P2/c19-25(20,21)13-1-7-17-9-3-15-5-11-18(12-6-16-4-10-17)8-2-14-26(22,23)24/h15-16H,1-14H2,(H2,19,20,21)(H2,22,23,24). The Hall–Kier alpha value is 0.140. The third-order valence-corrected chi connectivity index (χ3v) is 6.06. The largest absolute Gasteiger partial charge is 0.325 e. The van der Waals surface area contributed by atoms with Gasteiger partial charge in [-0.1, -0.05) is 0 Å². The molecule has 156 valence electrons. The minimum absolute atomic E-state index is 0.0755. The summed E-state index contributed by atoms with van der Waals surface area (Å²) in [5.74, 6) is 0. The van der Waals surface area contributed by atoms with Crippen LogP contribution in [-0.2, 0) is 9.13 Å². The van der Waals surface area contributed by atoms with Crippen molar-refractivity contribution in [1.82, 2.24) is 20.4 Å². The van der Waals surface area contributed by atoms with E-state index in [0.717, 1.165) is 52.4 Å². The number of hydrogen-bond acceptors (Lipinski definition) is 6. The predicted molar refractivity (Wildman–Crippen MR) is 102 cm³/mol. The van der Waals surface area contributed by atoms with Crippen LogP contribution in [0.4, 0.5) is 0 Å². The lowest BCUT2D eigenvalue weighted by molar-refractivity contribution is 0.240. The van der Waals surface area contributed by atoms with E-state index in [2.05, 4.69) is 20.4 Å². The second-order valence-electron chi connectivity index (χ2n) is 6.67. The first-order valence-electron chi connectivity index (χ1n) is 9.11. The normalized spacial score (nSPS) is 20.5. The molecule has 1 fully saturated rings. The molecule has 1 rings (SSSR count). The average Bonchev–Trinajstić information content (AvgIpc) is 2.48. The highest BCUT2D eigenvalue weighted by molar-refractivity contribution is 7.52. The summed E-state index contributed by atoms with van der Waals surface area (Å²) in [4.78, 5) is 40.2. The monoisotopic (exact) mass is 416 g/mol. The van der Waals surface area contributed by atoms with E-state index in [1.165, 1.54) is 0 Å². The Labute approximate surface area is 155 Å². The maximum atomic E-state index is 10.9. The van der Waals surface area contributed by atoms with Crippen molar-refractivity contribution in [2.75, 3.05) is 77.8 Å². The van der Waals surface area contributed by atoms with Crippen LogP contribution in [0, 0.1) is 0 Å². The molecule has 1 aliphatic heterocycles. The van der Waals surface area contributed by atoms with Crippen LogP contribution >= 0.6 is 15.2 Å². The van der Waals surface area contributed by atoms with Gasteiger partial charge in [0.05, 0.1) is 12.3 Å². The smallest absolute Gasteiger partial charge is 0.324 e. The number of nitrogens with zero attached hydrogens (tertiary/aromatic N) is 2. The van der Waals surface area contributed by atoms with Crippen LogP contribution in [0.5, 0.6) is 0 Å². The molecule has 1 saturated heterocycles. The topological polar surface area (TPSA) is 146 Å². The van der Waals surface area contributed by atoms with Gasteiger partial charge in [0.15, 0.2) is 0 Å². The van der Waals surface area contributed by atoms with Gasteiger partial charge < -0.3 is 40.0 Å². The fourth-order valence-electron chi connectivity index (χ4n) is 2.87. The summed E-state index contributed by atoms with van der Waals surface area (Å²) >= 11 is 0. The second-order valence-corrected chi connectivity index (χ2v) is 10.2. The van der Waals surface area contributed by atoms with Gasteiger partial charge in [0.2, 0.25) is 0 Å². The molecule has 6 N–H and O–H groups in total. The van der Waals surface area contributed by atoms with E-state index in [-0.39, 0.29) is 12.3 Å². The summed E-state index contributed by atoms with van der Waals surface area (Å²) < 4.78 is 21.9. The van der Waals surface area contributed by atoms with Crippen molar-refractivity contribution in [1.29, 1.82) is 0 Å². The fraction of sp³-hybridized carbons (Fsp3) is 1.00. The third-order valence-electron chi connectivity index (χ3n) is 4.27. The molecule has 0 atom stereocenters. The summed E-state index contributed by atoms with van der Waals surface area (Å²) in [6.07, 6.45) is 0.817. The summed E-state index contributed by atoms with van der Waals surface area (Å²) in [6, 6.07) is 0. The average molecular weight is 416 g/mol. The van der Waals surface area contributed by atoms with E-state index < -0.39 is 15.2 Å². The predicted octanol–water partition coefficient (Wildman–Crippen LogP) is -1.08. The summed E-state index contributed by atoms with van der Waals surface area (Å²) in [7, 11) is -7.84. The van der Waals surface area contributed by atoms with E-state index in [4.69, 9.17) is 19.6 Å². The van der Waals surface area contributed by atoms with Gasteiger partial charge in [-0.2, -0.15) is 0 Å². The van der Waals surface area contributed by atoms with Gasteiger partial charge in [-0.05, 0) is 25.9 Å². The summed E-state index contributed by atoms with van der Waals surface area (Å²) in [5.41, 5.74) is 0. The van der Waals surface area contributed by atoms with Crippen LogP contribution in [0.25, 0.3) is 0 Å². The lowest BCUT2D eigenvalue weighted by atomic mass is 10.3. The number of hydrogen-bond donors (Lipinski definition) is 6. The van der Waals surface area contributed by atoms with Crippen LogP contribution < -0.4 is 10.6 Å². The van der Waals surface area contributed by atoms with Crippen molar-refractivity contribution in [2.24, 2.45) is 0 Å². The highest BCUT2D eigenvalue weighted by Crippen LogP contribution is 2.35. The van der Waals surface area contributed by atoms with Gasteiger partial charge >= 0.3 is 15.2 Å². The molecule has 1 aliphatic rings. The molecule has 0 aromatic rings. The highest BCUT2D eigenvalue weighted by atomic mass is 31.2. The lowest BCUT2D eigenvalue weighted by Gasteiger charge is -2.26. The van der Waals surface area contributed by atoms with Crippen LogP contribution in [-0.4, -0.2) is 107 Å². The second kappa shape index (κ2) is 12.6. The molecule has 26 heavy (non-hydrogen) atoms. The molecular weight excluding hydrogens is 382 g/mol. The summed E-state index contributed by atoms with van der Waals surface area (Å²) in [5, 5.41) is 6.73. The molecule has 1 heterocycles. The molecule has 10 nitrogen and oxygen atoms in total. The van der Waals surface area contributed by atoms with Crippen LogP contribution in [0.2, 0.25) is 0 Å². The zero-order valence-corrected chi connectivity index (χ0v) is 17.1. The van der Waals surface area contributed by atoms with Gasteiger partial charge in [-0.3, -0.25) is 9.13 Å². The first-order chi connectivity index (χ1) is 12.2. The zero-order valence-electron chi connectivity index (χ0n) is 15.3. The van der Waals surface area contributed by atoms with Gasteiger partial charge in [-0.25, -0.2) is 0 Å². The van der Waals surface area contributed by atoms with E-state index >= 15 is 0 Å². The molecule has 0 radical (unpaired) electrons. The molecule has 0 aliphatic carbocycles. The van der Waals surface area contributed by atoms with Gasteiger partial charge in [0.1, 0.15) is 0 Å². The zero-order chi connectivity index (χ0) is 19.5. The van der Waals surface area contributed by atoms with Crippen molar-refractivity contribution in [2.45, 2.75) is 12.8 Å². The first-order valence-corrected chi connectivity index (χ1v) is 12.7. The van der Waals surface area contributed by atoms with E-state index in [9.17, 15) is 9.13 Å². The summed E-state index contributed by atoms with van der Waals surface area (Å²) in [6.45, 7) is 7.81. The first kappa shape index (κ1) is 24.2. The SMILES string of the molecule is O=P(O)(O)CCCN1CCNCCN(CCCP(=O)(O)O)CCNCC1. The lowest BCUT2D eigenvalue weighted by Crippen LogP contribution is -2.43. The highest BCUT2D eigenvalue weighted by Gasteiger charge is 2.15. The Morgan fingerprint density at radius 1 is 0.654 bits per heavy atom. The Morgan fingerprint density at radius 3 is 1.23 bits per heavy atom. The van der Waals surface area contributed by atoms with Crippen LogP contribution in [0.1, 0.15) is 12.8 Å². The molecular formula is C14H34N4O6P2. The minimum atomic E-state index is -3.92. The Kier molecular flexibility index (Phi) is 11.7. The number of nitrogens with one attached hydrogen (secondary N) is 2. The van der Waals surface area contributed by atoms with Crippen LogP contribution in [0.3, 0.4) is 0 Å². The Morgan fingerprint density at radius 2 is 0.962 bits per heavy atom. The quantitative estimate of drug-likeness (QED) is 0.270. The molecule has 0 spiro atoms. The maximum Gasteiger partial charge on any atom is 0.325 e.